The van der Waals surface area contributed by atoms with Gasteiger partial charge in [-0.3, -0.25) is 23.9 Å². The van der Waals surface area contributed by atoms with Crippen molar-refractivity contribution < 1.29 is 14.3 Å². The van der Waals surface area contributed by atoms with Gasteiger partial charge in [-0.15, -0.1) is 0 Å². The Morgan fingerprint density at radius 2 is 1.63 bits per heavy atom. The summed E-state index contributed by atoms with van der Waals surface area (Å²) in [5.41, 5.74) is 3.24. The summed E-state index contributed by atoms with van der Waals surface area (Å²) in [6.45, 7) is 0.136. The van der Waals surface area contributed by atoms with E-state index in [0.717, 1.165) is 11.1 Å². The molecule has 1 aromatic heterocycles. The number of fused-ring (bicyclic) bond motifs is 2. The van der Waals surface area contributed by atoms with Gasteiger partial charge in [0.25, 0.3) is 11.5 Å². The van der Waals surface area contributed by atoms with Crippen LogP contribution in [0.5, 0.6) is 5.75 Å². The Morgan fingerprint density at radius 3 is 2.44 bits per heavy atom. The van der Waals surface area contributed by atoms with Gasteiger partial charge in [-0.25, -0.2) is 4.98 Å². The molecule has 1 aliphatic rings. The van der Waals surface area contributed by atoms with Crippen LogP contribution in [-0.2, 0) is 11.3 Å². The van der Waals surface area contributed by atoms with Crippen LogP contribution in [0.4, 0.5) is 5.69 Å². The Morgan fingerprint density at radius 1 is 0.902 bits per heavy atom. The van der Waals surface area contributed by atoms with Gasteiger partial charge < -0.3 is 4.74 Å². The molecule has 6 rings (SSSR count). The number of allylic oxidation sites excluding steroid dienone is 1. The molecule has 8 heteroatoms. The van der Waals surface area contributed by atoms with Crippen LogP contribution in [0.3, 0.4) is 0 Å². The van der Waals surface area contributed by atoms with Crippen LogP contribution in [0.2, 0.25) is 5.02 Å². The van der Waals surface area contributed by atoms with E-state index in [1.165, 1.54) is 4.90 Å². The first kappa shape index (κ1) is 26.2. The molecule has 0 radical (unpaired) electrons. The third-order valence-corrected chi connectivity index (χ3v) is 7.16. The van der Waals surface area contributed by atoms with Crippen molar-refractivity contribution in [2.45, 2.75) is 6.54 Å². The van der Waals surface area contributed by atoms with Crippen LogP contribution in [0, 0.1) is 0 Å². The van der Waals surface area contributed by atoms with E-state index in [4.69, 9.17) is 21.3 Å². The zero-order valence-corrected chi connectivity index (χ0v) is 22.6. The molecule has 1 amide bonds. The summed E-state index contributed by atoms with van der Waals surface area (Å²) < 4.78 is 7.10. The quantitative estimate of drug-likeness (QED) is 0.226. The molecule has 0 fully saturated rings. The largest absolute Gasteiger partial charge is 0.482 e. The fourth-order valence-electron chi connectivity index (χ4n) is 4.79. The number of carbonyl (C=O) groups excluding carboxylic acids is 2. The Balaban J connectivity index is 1.21. The maximum Gasteiger partial charge on any atom is 0.265 e. The molecule has 41 heavy (non-hydrogen) atoms. The second-order valence-electron chi connectivity index (χ2n) is 9.56. The van der Waals surface area contributed by atoms with E-state index in [9.17, 15) is 14.4 Å². The molecule has 1 aliphatic heterocycles. The lowest BCUT2D eigenvalue weighted by Gasteiger charge is -2.28. The van der Waals surface area contributed by atoms with Crippen LogP contribution in [0.25, 0.3) is 28.4 Å². The highest BCUT2D eigenvalue weighted by atomic mass is 35.5. The molecule has 0 aliphatic carbocycles. The third kappa shape index (κ3) is 5.40. The zero-order valence-electron chi connectivity index (χ0n) is 21.9. The van der Waals surface area contributed by atoms with Crippen LogP contribution in [-0.4, -0.2) is 34.4 Å². The predicted octanol–water partition coefficient (Wildman–Crippen LogP) is 6.04. The van der Waals surface area contributed by atoms with E-state index >= 15 is 0 Å². The number of benzene rings is 4. The summed E-state index contributed by atoms with van der Waals surface area (Å²) in [5, 5.41) is 1.15. The molecule has 5 aromatic rings. The van der Waals surface area contributed by atoms with E-state index < -0.39 is 0 Å². The van der Waals surface area contributed by atoms with Crippen molar-refractivity contribution in [3.05, 3.63) is 130 Å². The van der Waals surface area contributed by atoms with Crippen molar-refractivity contribution >= 4 is 46.0 Å². The van der Waals surface area contributed by atoms with Gasteiger partial charge in [0.05, 0.1) is 23.1 Å². The molecule has 0 saturated heterocycles. The molecule has 7 nitrogen and oxygen atoms in total. The van der Waals surface area contributed by atoms with Crippen molar-refractivity contribution in [3.8, 4) is 17.1 Å². The highest BCUT2D eigenvalue weighted by molar-refractivity contribution is 6.30. The summed E-state index contributed by atoms with van der Waals surface area (Å²) >= 11 is 6.08. The van der Waals surface area contributed by atoms with E-state index in [1.54, 1.807) is 53.1 Å². The second kappa shape index (κ2) is 11.2. The first-order valence-electron chi connectivity index (χ1n) is 13.1. The number of hydrogen-bond acceptors (Lipinski definition) is 5. The van der Waals surface area contributed by atoms with Crippen molar-refractivity contribution in [1.29, 1.82) is 0 Å². The number of hydrogen-bond donors (Lipinski definition) is 0. The summed E-state index contributed by atoms with van der Waals surface area (Å²) in [4.78, 5) is 45.1. The molecule has 0 unspecified atom stereocenters. The summed E-state index contributed by atoms with van der Waals surface area (Å²) in [7, 11) is 0. The average molecular weight is 562 g/mol. The molecule has 202 valence electrons. The van der Waals surface area contributed by atoms with Crippen LogP contribution < -0.4 is 15.2 Å². The number of ketones is 1. The molecule has 0 spiro atoms. The van der Waals surface area contributed by atoms with Crippen molar-refractivity contribution in [1.82, 2.24) is 9.55 Å². The number of Topliss-reactive ketones (excluding diaryl/α,β-unsaturated/α-hetero) is 1. The predicted molar refractivity (Wildman–Crippen MR) is 161 cm³/mol. The summed E-state index contributed by atoms with van der Waals surface area (Å²) in [6.07, 6.45) is 3.78. The molecule has 4 aromatic carbocycles. The van der Waals surface area contributed by atoms with E-state index in [2.05, 4.69) is 0 Å². The van der Waals surface area contributed by atoms with Gasteiger partial charge in [-0.05, 0) is 54.1 Å². The standard InChI is InChI=1S/C33H24ClN3O4/c34-25-17-15-24(16-18-25)32-35-27-8-2-1-7-26(27)33(40)36(32)19-5-6-22-11-13-23(14-12-22)29(38)20-37-28-9-3-4-10-30(28)41-21-31(37)39/h1-18H,19-21H2/b6-5+. The monoisotopic (exact) mass is 561 g/mol. The van der Waals surface area contributed by atoms with Gasteiger partial charge in [0, 0.05) is 22.7 Å². The van der Waals surface area contributed by atoms with E-state index in [-0.39, 0.29) is 30.4 Å². The van der Waals surface area contributed by atoms with Crippen molar-refractivity contribution in [2.24, 2.45) is 0 Å². The minimum atomic E-state index is -0.256. The summed E-state index contributed by atoms with van der Waals surface area (Å²) in [6, 6.07) is 28.8. The number of carbonyl (C=O) groups is 2. The smallest absolute Gasteiger partial charge is 0.265 e. The van der Waals surface area contributed by atoms with Crippen LogP contribution in [0.15, 0.2) is 108 Å². The van der Waals surface area contributed by atoms with Crippen LogP contribution >= 0.6 is 11.6 Å². The van der Waals surface area contributed by atoms with Gasteiger partial charge in [0.15, 0.2) is 12.4 Å². The maximum atomic E-state index is 13.4. The fraction of sp³-hybridized carbons (Fsp3) is 0.0909. The van der Waals surface area contributed by atoms with E-state index in [1.807, 2.05) is 60.7 Å². The lowest BCUT2D eigenvalue weighted by atomic mass is 10.1. The number of anilines is 1. The SMILES string of the molecule is O=C(CN1C(=O)COc2ccccc21)c1ccc(/C=C/Cn2c(-c3ccc(Cl)cc3)nc3ccccc3c2=O)cc1. The topological polar surface area (TPSA) is 81.5 Å². The van der Waals surface area contributed by atoms with Crippen molar-refractivity contribution in [2.75, 3.05) is 18.1 Å². The third-order valence-electron chi connectivity index (χ3n) is 6.90. The normalized spacial score (nSPS) is 12.9. The minimum absolute atomic E-state index is 0.0697. The second-order valence-corrected chi connectivity index (χ2v) is 10.00. The van der Waals surface area contributed by atoms with Gasteiger partial charge >= 0.3 is 0 Å². The Bertz CT molecular complexity index is 1860. The minimum Gasteiger partial charge on any atom is -0.482 e. The number of nitrogens with zero attached hydrogens (tertiary/aromatic N) is 3. The first-order chi connectivity index (χ1) is 20.0. The molecule has 0 N–H and O–H groups in total. The molecular weight excluding hydrogens is 538 g/mol. The molecule has 0 atom stereocenters. The first-order valence-corrected chi connectivity index (χ1v) is 13.4. The number of halogens is 1. The lowest BCUT2D eigenvalue weighted by molar-refractivity contribution is -0.121. The van der Waals surface area contributed by atoms with Gasteiger partial charge in [-0.2, -0.15) is 0 Å². The maximum absolute atomic E-state index is 13.4. The zero-order chi connectivity index (χ0) is 28.3. The number of rotatable bonds is 7. The number of para-hydroxylation sites is 3. The van der Waals surface area contributed by atoms with Gasteiger partial charge in [-0.1, -0.05) is 72.3 Å². The van der Waals surface area contributed by atoms with Gasteiger partial charge in [0.2, 0.25) is 0 Å². The highest BCUT2D eigenvalue weighted by Crippen LogP contribution is 2.31. The molecular formula is C33H24ClN3O4. The van der Waals surface area contributed by atoms with E-state index in [0.29, 0.717) is 45.3 Å². The Kier molecular flexibility index (Phi) is 7.18. The number of aromatic nitrogens is 2. The lowest BCUT2D eigenvalue weighted by Crippen LogP contribution is -2.41. The summed E-state index contributed by atoms with van der Waals surface area (Å²) in [5.74, 6) is 0.704. The average Bonchev–Trinajstić information content (AvgIpc) is 3.00. The fourth-order valence-corrected chi connectivity index (χ4v) is 4.92. The van der Waals surface area contributed by atoms with Gasteiger partial charge in [0.1, 0.15) is 11.6 Å². The Hall–Kier alpha value is -5.01. The molecule has 2 heterocycles. The molecule has 0 bridgehead atoms. The highest BCUT2D eigenvalue weighted by Gasteiger charge is 2.27. The molecule has 0 saturated carbocycles. The number of ether oxygens (including phenoxy) is 1. The van der Waals surface area contributed by atoms with Crippen LogP contribution in [0.1, 0.15) is 15.9 Å². The van der Waals surface area contributed by atoms with Crippen molar-refractivity contribution in [3.63, 3.8) is 0 Å². The Labute approximate surface area is 240 Å². The number of amides is 1.